The maximum absolute atomic E-state index is 12.9. The van der Waals surface area contributed by atoms with Crippen molar-refractivity contribution in [2.24, 2.45) is 5.92 Å². The van der Waals surface area contributed by atoms with Crippen LogP contribution in [0, 0.1) is 12.8 Å². The van der Waals surface area contributed by atoms with Gasteiger partial charge in [0.2, 0.25) is 0 Å². The fourth-order valence-electron chi connectivity index (χ4n) is 4.85. The molecule has 0 atom stereocenters. The van der Waals surface area contributed by atoms with E-state index in [1.54, 1.807) is 0 Å². The van der Waals surface area contributed by atoms with Gasteiger partial charge in [0.05, 0.1) is 6.54 Å². The maximum Gasteiger partial charge on any atom is 0.344 e. The molecule has 3 fully saturated rings. The number of hydrogen-bond acceptors (Lipinski definition) is 5. The number of piperazine rings is 1. The van der Waals surface area contributed by atoms with E-state index in [9.17, 15) is 14.4 Å². The normalized spacial score (nSPS) is 27.5. The maximum atomic E-state index is 12.9. The molecular formula is C23H33N5O3. The van der Waals surface area contributed by atoms with Gasteiger partial charge < -0.3 is 5.32 Å². The van der Waals surface area contributed by atoms with Gasteiger partial charge in [0.25, 0.3) is 11.8 Å². The van der Waals surface area contributed by atoms with Crippen LogP contribution < -0.4 is 10.7 Å². The lowest BCUT2D eigenvalue weighted by Gasteiger charge is -2.34. The van der Waals surface area contributed by atoms with E-state index in [1.165, 1.54) is 11.1 Å². The van der Waals surface area contributed by atoms with Gasteiger partial charge in [-0.2, -0.15) is 5.01 Å². The van der Waals surface area contributed by atoms with Crippen LogP contribution in [0.1, 0.15) is 43.7 Å². The minimum absolute atomic E-state index is 0.180. The summed E-state index contributed by atoms with van der Waals surface area (Å²) in [4.78, 5) is 42.2. The number of hydrazine groups is 1. The number of rotatable bonds is 5. The minimum Gasteiger partial charge on any atom is -0.322 e. The summed E-state index contributed by atoms with van der Waals surface area (Å²) < 4.78 is 0. The molecule has 2 aliphatic heterocycles. The molecule has 1 aromatic rings. The highest BCUT2D eigenvalue weighted by Gasteiger charge is 2.52. The third-order valence-corrected chi connectivity index (χ3v) is 6.85. The van der Waals surface area contributed by atoms with Gasteiger partial charge in [0.1, 0.15) is 5.54 Å². The number of carbonyl (C=O) groups excluding carboxylic acids is 3. The molecule has 2 heterocycles. The number of nitrogens with one attached hydrogen (secondary N) is 2. The number of nitrogens with zero attached hydrogens (tertiary/aromatic N) is 3. The van der Waals surface area contributed by atoms with Crippen molar-refractivity contribution in [3.63, 3.8) is 0 Å². The Labute approximate surface area is 183 Å². The Morgan fingerprint density at radius 2 is 1.81 bits per heavy atom. The van der Waals surface area contributed by atoms with Gasteiger partial charge >= 0.3 is 6.03 Å². The average Bonchev–Trinajstić information content (AvgIpc) is 2.96. The first kappa shape index (κ1) is 21.8. The standard InChI is InChI=1S/C23H33N5O3/c1-17-6-8-23(9-7-17)21(30)28(22(31)24-23)25-20(29)16-27-12-10-26(11-13-27)15-19-5-3-4-18(2)14-19/h3-5,14,17H,6-13,15-16H2,1-2H3,(H,24,31)(H,25,29). The number of benzene rings is 1. The largest absolute Gasteiger partial charge is 0.344 e. The van der Waals surface area contributed by atoms with Crippen molar-refractivity contribution < 1.29 is 14.4 Å². The van der Waals surface area contributed by atoms with Crippen LogP contribution in [0.25, 0.3) is 0 Å². The van der Waals surface area contributed by atoms with Gasteiger partial charge in [-0.25, -0.2) is 4.79 Å². The number of amides is 4. The van der Waals surface area contributed by atoms with Gasteiger partial charge in [-0.1, -0.05) is 36.8 Å². The van der Waals surface area contributed by atoms with Gasteiger partial charge in [0, 0.05) is 32.7 Å². The number of hydrogen-bond donors (Lipinski definition) is 2. The number of urea groups is 1. The summed E-state index contributed by atoms with van der Waals surface area (Å²) in [6, 6.07) is 8.01. The molecule has 31 heavy (non-hydrogen) atoms. The van der Waals surface area contributed by atoms with Gasteiger partial charge in [-0.15, -0.1) is 0 Å². The van der Waals surface area contributed by atoms with E-state index in [1.807, 2.05) is 0 Å². The fraction of sp³-hybridized carbons (Fsp3) is 0.609. The Balaban J connectivity index is 1.24. The highest BCUT2D eigenvalue weighted by Crippen LogP contribution is 2.35. The Hall–Kier alpha value is -2.45. The minimum atomic E-state index is -0.835. The Morgan fingerprint density at radius 3 is 2.48 bits per heavy atom. The van der Waals surface area contributed by atoms with E-state index >= 15 is 0 Å². The summed E-state index contributed by atoms with van der Waals surface area (Å²) in [6.07, 6.45) is 3.07. The second-order valence-corrected chi connectivity index (χ2v) is 9.41. The van der Waals surface area contributed by atoms with Crippen molar-refractivity contribution in [2.45, 2.75) is 51.6 Å². The lowest BCUT2D eigenvalue weighted by atomic mass is 9.77. The van der Waals surface area contributed by atoms with Crippen LogP contribution >= 0.6 is 0 Å². The van der Waals surface area contributed by atoms with Crippen molar-refractivity contribution in [2.75, 3.05) is 32.7 Å². The second-order valence-electron chi connectivity index (χ2n) is 9.41. The molecule has 8 heteroatoms. The predicted octanol–water partition coefficient (Wildman–Crippen LogP) is 1.64. The lowest BCUT2D eigenvalue weighted by Crippen LogP contribution is -2.54. The van der Waals surface area contributed by atoms with Crippen molar-refractivity contribution in [1.29, 1.82) is 0 Å². The van der Waals surface area contributed by atoms with Crippen LogP contribution in [0.4, 0.5) is 4.79 Å². The first-order valence-corrected chi connectivity index (χ1v) is 11.3. The topological polar surface area (TPSA) is 85.0 Å². The molecule has 0 radical (unpaired) electrons. The Bertz CT molecular complexity index is 841. The van der Waals surface area contributed by atoms with Crippen molar-refractivity contribution in [3.8, 4) is 0 Å². The molecule has 3 aliphatic rings. The number of carbonyl (C=O) groups is 3. The molecule has 4 amide bonds. The summed E-state index contributed by atoms with van der Waals surface area (Å²) in [7, 11) is 0. The molecule has 1 aromatic carbocycles. The molecule has 2 saturated heterocycles. The molecule has 1 spiro atoms. The zero-order chi connectivity index (χ0) is 22.0. The summed E-state index contributed by atoms with van der Waals surface area (Å²) in [6.45, 7) is 8.67. The third kappa shape index (κ3) is 4.91. The third-order valence-electron chi connectivity index (χ3n) is 6.85. The van der Waals surface area contributed by atoms with E-state index in [0.717, 1.165) is 50.6 Å². The Kier molecular flexibility index (Phi) is 6.29. The summed E-state index contributed by atoms with van der Waals surface area (Å²) in [5.41, 5.74) is 4.27. The van der Waals surface area contributed by atoms with Crippen LogP contribution in [0.3, 0.4) is 0 Å². The molecule has 2 N–H and O–H groups in total. The van der Waals surface area contributed by atoms with Crippen LogP contribution in [-0.2, 0) is 16.1 Å². The van der Waals surface area contributed by atoms with Crippen LogP contribution in [0.5, 0.6) is 0 Å². The van der Waals surface area contributed by atoms with E-state index in [0.29, 0.717) is 18.8 Å². The predicted molar refractivity (Wildman–Crippen MR) is 117 cm³/mol. The zero-order valence-electron chi connectivity index (χ0n) is 18.5. The van der Waals surface area contributed by atoms with E-state index < -0.39 is 11.6 Å². The van der Waals surface area contributed by atoms with Gasteiger partial charge in [-0.3, -0.25) is 24.8 Å². The molecule has 0 aromatic heterocycles. The highest BCUT2D eigenvalue weighted by molar-refractivity contribution is 6.08. The first-order chi connectivity index (χ1) is 14.8. The van der Waals surface area contributed by atoms with E-state index in [4.69, 9.17) is 0 Å². The summed E-state index contributed by atoms with van der Waals surface area (Å²) in [5.74, 6) is -0.0823. The van der Waals surface area contributed by atoms with Crippen LogP contribution in [0.2, 0.25) is 0 Å². The quantitative estimate of drug-likeness (QED) is 0.698. The second kappa shape index (κ2) is 8.96. The van der Waals surface area contributed by atoms with Crippen molar-refractivity contribution in [3.05, 3.63) is 35.4 Å². The number of imide groups is 1. The molecular weight excluding hydrogens is 394 g/mol. The van der Waals surface area contributed by atoms with E-state index in [2.05, 4.69) is 58.7 Å². The molecule has 0 unspecified atom stereocenters. The monoisotopic (exact) mass is 427 g/mol. The fourth-order valence-corrected chi connectivity index (χ4v) is 4.85. The smallest absolute Gasteiger partial charge is 0.322 e. The van der Waals surface area contributed by atoms with Crippen LogP contribution in [0.15, 0.2) is 24.3 Å². The van der Waals surface area contributed by atoms with Crippen molar-refractivity contribution >= 4 is 17.8 Å². The average molecular weight is 428 g/mol. The lowest BCUT2D eigenvalue weighted by molar-refractivity contribution is -0.140. The molecule has 4 rings (SSSR count). The SMILES string of the molecule is Cc1cccc(CN2CCN(CC(=O)NN3C(=O)NC4(CCC(C)CC4)C3=O)CC2)c1. The summed E-state index contributed by atoms with van der Waals surface area (Å²) in [5, 5.41) is 3.73. The molecule has 168 valence electrons. The van der Waals surface area contributed by atoms with Gasteiger partial charge in [0.15, 0.2) is 0 Å². The molecule has 1 aliphatic carbocycles. The molecule has 1 saturated carbocycles. The molecule has 0 bridgehead atoms. The summed E-state index contributed by atoms with van der Waals surface area (Å²) >= 11 is 0. The highest BCUT2D eigenvalue weighted by atomic mass is 16.2. The zero-order valence-corrected chi connectivity index (χ0v) is 18.5. The first-order valence-electron chi connectivity index (χ1n) is 11.3. The van der Waals surface area contributed by atoms with Crippen molar-refractivity contribution in [1.82, 2.24) is 25.6 Å². The van der Waals surface area contributed by atoms with Gasteiger partial charge in [-0.05, 0) is 44.1 Å². The molecule has 8 nitrogen and oxygen atoms in total. The van der Waals surface area contributed by atoms with E-state index in [-0.39, 0.29) is 18.4 Å². The number of aryl methyl sites for hydroxylation is 1. The Morgan fingerprint density at radius 1 is 1.13 bits per heavy atom. The van der Waals surface area contributed by atoms with Crippen LogP contribution in [-0.4, -0.2) is 70.9 Å².